The molecule has 3 heterocycles. The Morgan fingerprint density at radius 2 is 2.42 bits per heavy atom. The molecule has 0 saturated heterocycles. The maximum absolute atomic E-state index is 11.4. The molecule has 0 fully saturated rings. The number of nitrogens with two attached hydrogens (primary N) is 1. The molecule has 6 heteroatoms. The van der Waals surface area contributed by atoms with Crippen LogP contribution in [0.3, 0.4) is 0 Å². The molecule has 0 atom stereocenters. The van der Waals surface area contributed by atoms with Gasteiger partial charge >= 0.3 is 0 Å². The van der Waals surface area contributed by atoms with Gasteiger partial charge in [-0.25, -0.2) is 9.97 Å². The molecule has 0 aromatic carbocycles. The molecule has 2 N–H and O–H groups in total. The molecule has 0 radical (unpaired) electrons. The van der Waals surface area contributed by atoms with Gasteiger partial charge in [0.25, 0.3) is 0 Å². The Bertz CT molecular complexity index is 636. The maximum atomic E-state index is 11.4. The second-order valence-corrected chi connectivity index (χ2v) is 5.31. The number of hydrogen-bond donors (Lipinski definition) is 1. The largest absolute Gasteiger partial charge is 0.366 e. The van der Waals surface area contributed by atoms with E-state index in [4.69, 9.17) is 5.73 Å². The Balaban J connectivity index is 1.98. The van der Waals surface area contributed by atoms with Crippen LogP contribution >= 0.6 is 11.3 Å². The van der Waals surface area contributed by atoms with Crippen molar-refractivity contribution in [3.8, 4) is 0 Å². The van der Waals surface area contributed by atoms with Crippen molar-refractivity contribution in [2.24, 2.45) is 5.73 Å². The molecule has 0 saturated carbocycles. The Morgan fingerprint density at radius 1 is 1.53 bits per heavy atom. The van der Waals surface area contributed by atoms with E-state index in [1.54, 1.807) is 23.7 Å². The van der Waals surface area contributed by atoms with E-state index in [1.807, 2.05) is 16.3 Å². The van der Waals surface area contributed by atoms with Crippen molar-refractivity contribution in [3.05, 3.63) is 52.3 Å². The number of aromatic nitrogens is 2. The van der Waals surface area contributed by atoms with Gasteiger partial charge in [0.2, 0.25) is 5.91 Å². The number of nitrogens with zero attached hydrogens (tertiary/aromatic N) is 3. The van der Waals surface area contributed by atoms with E-state index >= 15 is 0 Å². The number of rotatable bonds is 3. The van der Waals surface area contributed by atoms with E-state index in [9.17, 15) is 4.79 Å². The first-order valence-corrected chi connectivity index (χ1v) is 6.70. The standard InChI is InChI=1S/C13H12N4OS/c14-12(18)10-4-9-5-15-8-16-13(9)17(6-10)7-11-2-1-3-19-11/h1-3,5-6,8H,4,7H2,(H2,14,18). The Labute approximate surface area is 114 Å². The maximum Gasteiger partial charge on any atom is 0.246 e. The SMILES string of the molecule is NC(=O)C1=CN(Cc2cccs2)c2ncncc2C1. The topological polar surface area (TPSA) is 72.1 Å². The zero-order valence-electron chi connectivity index (χ0n) is 10.1. The van der Waals surface area contributed by atoms with Crippen molar-refractivity contribution in [2.75, 3.05) is 4.90 Å². The molecule has 2 aromatic rings. The predicted molar refractivity (Wildman–Crippen MR) is 73.5 cm³/mol. The molecule has 2 aromatic heterocycles. The molecule has 0 unspecified atom stereocenters. The van der Waals surface area contributed by atoms with Gasteiger partial charge in [0, 0.05) is 34.8 Å². The predicted octanol–water partition coefficient (Wildman–Crippen LogP) is 1.47. The fourth-order valence-electron chi connectivity index (χ4n) is 2.08. The monoisotopic (exact) mass is 272 g/mol. The highest BCUT2D eigenvalue weighted by Gasteiger charge is 2.21. The molecule has 0 bridgehead atoms. The zero-order valence-corrected chi connectivity index (χ0v) is 10.9. The van der Waals surface area contributed by atoms with Gasteiger partial charge in [-0.15, -0.1) is 11.3 Å². The molecular formula is C13H12N4OS. The zero-order chi connectivity index (χ0) is 13.2. The molecular weight excluding hydrogens is 260 g/mol. The van der Waals surface area contributed by atoms with Gasteiger partial charge in [-0.3, -0.25) is 4.79 Å². The minimum atomic E-state index is -0.398. The summed E-state index contributed by atoms with van der Waals surface area (Å²) in [5.41, 5.74) is 6.90. The summed E-state index contributed by atoms with van der Waals surface area (Å²) in [5.74, 6) is 0.444. The quantitative estimate of drug-likeness (QED) is 0.918. The molecule has 1 aliphatic rings. The van der Waals surface area contributed by atoms with Gasteiger partial charge < -0.3 is 10.6 Å². The van der Waals surface area contributed by atoms with Crippen LogP contribution in [-0.2, 0) is 17.8 Å². The first-order chi connectivity index (χ1) is 9.24. The van der Waals surface area contributed by atoms with Crippen molar-refractivity contribution in [1.29, 1.82) is 0 Å². The van der Waals surface area contributed by atoms with Crippen molar-refractivity contribution in [3.63, 3.8) is 0 Å². The average Bonchev–Trinajstić information content (AvgIpc) is 2.91. The van der Waals surface area contributed by atoms with Crippen LogP contribution in [0.1, 0.15) is 10.4 Å². The number of primary amides is 1. The van der Waals surface area contributed by atoms with Crippen LogP contribution in [0.25, 0.3) is 0 Å². The normalized spacial score (nSPS) is 13.9. The minimum absolute atomic E-state index is 0.398. The smallest absolute Gasteiger partial charge is 0.246 e. The Kier molecular flexibility index (Phi) is 3.00. The van der Waals surface area contributed by atoms with Crippen molar-refractivity contribution >= 4 is 23.1 Å². The van der Waals surface area contributed by atoms with Gasteiger partial charge in [0.1, 0.15) is 12.1 Å². The summed E-state index contributed by atoms with van der Waals surface area (Å²) < 4.78 is 0. The highest BCUT2D eigenvalue weighted by atomic mass is 32.1. The number of carbonyl (C=O) groups excluding carboxylic acids is 1. The van der Waals surface area contributed by atoms with Crippen LogP contribution in [0.2, 0.25) is 0 Å². The van der Waals surface area contributed by atoms with Crippen molar-refractivity contribution in [2.45, 2.75) is 13.0 Å². The lowest BCUT2D eigenvalue weighted by Crippen LogP contribution is -2.27. The van der Waals surface area contributed by atoms with E-state index in [2.05, 4.69) is 16.0 Å². The first-order valence-electron chi connectivity index (χ1n) is 5.82. The molecule has 3 rings (SSSR count). The van der Waals surface area contributed by atoms with E-state index in [1.165, 1.54) is 11.2 Å². The fraction of sp³-hybridized carbons (Fsp3) is 0.154. The third-order valence-electron chi connectivity index (χ3n) is 2.95. The van der Waals surface area contributed by atoms with Gasteiger partial charge in [-0.1, -0.05) is 6.07 Å². The third-order valence-corrected chi connectivity index (χ3v) is 3.81. The minimum Gasteiger partial charge on any atom is -0.366 e. The van der Waals surface area contributed by atoms with Crippen LogP contribution in [0.5, 0.6) is 0 Å². The lowest BCUT2D eigenvalue weighted by atomic mass is 10.0. The Hall–Kier alpha value is -2.21. The summed E-state index contributed by atoms with van der Waals surface area (Å²) in [4.78, 5) is 22.9. The molecule has 5 nitrogen and oxygen atoms in total. The van der Waals surface area contributed by atoms with E-state index in [-0.39, 0.29) is 0 Å². The van der Waals surface area contributed by atoms with Crippen molar-refractivity contribution < 1.29 is 4.79 Å². The van der Waals surface area contributed by atoms with Gasteiger partial charge in [-0.05, 0) is 11.4 Å². The lowest BCUT2D eigenvalue weighted by molar-refractivity contribution is -0.114. The highest BCUT2D eigenvalue weighted by molar-refractivity contribution is 7.09. The third kappa shape index (κ3) is 2.34. The van der Waals surface area contributed by atoms with Crippen molar-refractivity contribution in [1.82, 2.24) is 9.97 Å². The van der Waals surface area contributed by atoms with Gasteiger partial charge in [0.15, 0.2) is 0 Å². The van der Waals surface area contributed by atoms with E-state index < -0.39 is 5.91 Å². The summed E-state index contributed by atoms with van der Waals surface area (Å²) in [6, 6.07) is 4.06. The summed E-state index contributed by atoms with van der Waals surface area (Å²) in [6.07, 6.45) is 5.53. The molecule has 1 amide bonds. The number of thiophene rings is 1. The van der Waals surface area contributed by atoms with E-state index in [0.29, 0.717) is 18.5 Å². The van der Waals surface area contributed by atoms with Crippen LogP contribution in [0.4, 0.5) is 5.82 Å². The summed E-state index contributed by atoms with van der Waals surface area (Å²) in [7, 11) is 0. The number of amides is 1. The molecule has 0 spiro atoms. The lowest BCUT2D eigenvalue weighted by Gasteiger charge is -2.26. The van der Waals surface area contributed by atoms with Crippen LogP contribution in [0, 0.1) is 0 Å². The second kappa shape index (κ2) is 4.81. The van der Waals surface area contributed by atoms with Crippen LogP contribution < -0.4 is 10.6 Å². The number of anilines is 1. The van der Waals surface area contributed by atoms with Crippen LogP contribution in [0.15, 0.2) is 41.8 Å². The number of fused-ring (bicyclic) bond motifs is 1. The summed E-state index contributed by atoms with van der Waals surface area (Å²) in [5, 5.41) is 2.03. The molecule has 1 aliphatic heterocycles. The van der Waals surface area contributed by atoms with Crippen LogP contribution in [-0.4, -0.2) is 15.9 Å². The second-order valence-electron chi connectivity index (χ2n) is 4.27. The molecule has 0 aliphatic carbocycles. The van der Waals surface area contributed by atoms with Gasteiger partial charge in [-0.2, -0.15) is 0 Å². The van der Waals surface area contributed by atoms with E-state index in [0.717, 1.165) is 11.4 Å². The number of hydrogen-bond acceptors (Lipinski definition) is 5. The molecule has 19 heavy (non-hydrogen) atoms. The summed E-state index contributed by atoms with van der Waals surface area (Å²) >= 11 is 1.67. The average molecular weight is 272 g/mol. The first kappa shape index (κ1) is 11.9. The summed E-state index contributed by atoms with van der Waals surface area (Å²) in [6.45, 7) is 0.679. The van der Waals surface area contributed by atoms with Gasteiger partial charge in [0.05, 0.1) is 6.54 Å². The highest BCUT2D eigenvalue weighted by Crippen LogP contribution is 2.28. The Morgan fingerprint density at radius 3 is 3.16 bits per heavy atom. The molecule has 96 valence electrons. The fourth-order valence-corrected chi connectivity index (χ4v) is 2.78. The number of carbonyl (C=O) groups is 1.